The van der Waals surface area contributed by atoms with E-state index < -0.39 is 10.8 Å². The number of nitrogens with zero attached hydrogens (tertiary/aromatic N) is 2. The minimum atomic E-state index is -0.645. The minimum absolute atomic E-state index is 0.132. The van der Waals surface area contributed by atoms with Crippen molar-refractivity contribution in [2.24, 2.45) is 0 Å². The van der Waals surface area contributed by atoms with Gasteiger partial charge in [-0.05, 0) is 12.5 Å². The van der Waals surface area contributed by atoms with E-state index in [1.807, 2.05) is 6.92 Å². The van der Waals surface area contributed by atoms with Gasteiger partial charge in [0.25, 0.3) is 11.6 Å². The lowest BCUT2D eigenvalue weighted by Crippen LogP contribution is -2.15. The molecule has 0 saturated carbocycles. The van der Waals surface area contributed by atoms with Crippen molar-refractivity contribution in [1.82, 2.24) is 10.2 Å². The number of amides is 1. The number of nitrogens with one attached hydrogen (secondary N) is 2. The van der Waals surface area contributed by atoms with Crippen LogP contribution in [0, 0.1) is 10.1 Å². The number of rotatable bonds is 5. The monoisotopic (exact) mass is 290 g/mol. The molecule has 2 aromatic rings. The summed E-state index contributed by atoms with van der Waals surface area (Å²) in [5, 5.41) is 20.2. The first-order valence-electron chi connectivity index (χ1n) is 6.23. The molecule has 0 aliphatic rings. The van der Waals surface area contributed by atoms with Crippen LogP contribution in [0.4, 0.5) is 11.5 Å². The first-order valence-corrected chi connectivity index (χ1v) is 6.23. The lowest BCUT2D eigenvalue weighted by atomic mass is 10.1. The quantitative estimate of drug-likeness (QED) is 0.647. The Kier molecular flexibility index (Phi) is 4.17. The Balaban J connectivity index is 2.35. The summed E-state index contributed by atoms with van der Waals surface area (Å²) in [4.78, 5) is 22.7. The van der Waals surface area contributed by atoms with Crippen LogP contribution in [0.3, 0.4) is 0 Å². The highest BCUT2D eigenvalue weighted by Gasteiger charge is 2.25. The number of aromatic nitrogens is 2. The highest BCUT2D eigenvalue weighted by atomic mass is 16.6. The van der Waals surface area contributed by atoms with Crippen LogP contribution in [0.5, 0.6) is 5.75 Å². The van der Waals surface area contributed by atoms with Crippen molar-refractivity contribution in [3.8, 4) is 5.75 Å². The van der Waals surface area contributed by atoms with Crippen molar-refractivity contribution in [1.29, 1.82) is 0 Å². The third kappa shape index (κ3) is 2.99. The van der Waals surface area contributed by atoms with Gasteiger partial charge in [-0.25, -0.2) is 0 Å². The Bertz CT molecular complexity index is 681. The molecule has 0 saturated heterocycles. The minimum Gasteiger partial charge on any atom is -0.496 e. The van der Waals surface area contributed by atoms with Crippen LogP contribution in [0.15, 0.2) is 24.3 Å². The molecule has 0 unspecified atom stereocenters. The summed E-state index contributed by atoms with van der Waals surface area (Å²) in [7, 11) is 1.35. The van der Waals surface area contributed by atoms with E-state index in [0.29, 0.717) is 5.82 Å². The molecule has 2 rings (SSSR count). The number of carbonyl (C=O) groups is 1. The van der Waals surface area contributed by atoms with Gasteiger partial charge >= 0.3 is 0 Å². The predicted octanol–water partition coefficient (Wildman–Crippen LogP) is 2.14. The SMILES string of the molecule is CCc1cc(NC(=O)c2c(OC)cccc2[N+](=O)[O-])n[nH]1. The molecule has 0 bridgehead atoms. The van der Waals surface area contributed by atoms with Crippen LogP contribution in [-0.4, -0.2) is 28.1 Å². The normalized spacial score (nSPS) is 10.2. The van der Waals surface area contributed by atoms with Gasteiger partial charge in [0, 0.05) is 17.8 Å². The van der Waals surface area contributed by atoms with Crippen LogP contribution in [0.25, 0.3) is 0 Å². The van der Waals surface area contributed by atoms with Crippen LogP contribution in [0.1, 0.15) is 23.0 Å². The largest absolute Gasteiger partial charge is 0.496 e. The highest BCUT2D eigenvalue weighted by molar-refractivity contribution is 6.08. The van der Waals surface area contributed by atoms with Crippen molar-refractivity contribution in [3.05, 3.63) is 45.6 Å². The van der Waals surface area contributed by atoms with Gasteiger partial charge in [0.1, 0.15) is 5.75 Å². The third-order valence-electron chi connectivity index (χ3n) is 2.90. The summed E-state index contributed by atoms with van der Waals surface area (Å²) in [6, 6.07) is 5.86. The zero-order valence-electron chi connectivity index (χ0n) is 11.5. The average Bonchev–Trinajstić information content (AvgIpc) is 2.93. The molecule has 21 heavy (non-hydrogen) atoms. The Morgan fingerprint density at radius 2 is 2.29 bits per heavy atom. The molecule has 0 atom stereocenters. The summed E-state index contributed by atoms with van der Waals surface area (Å²) in [6.07, 6.45) is 0.734. The topological polar surface area (TPSA) is 110 Å². The second kappa shape index (κ2) is 6.04. The van der Waals surface area contributed by atoms with E-state index in [2.05, 4.69) is 15.5 Å². The van der Waals surface area contributed by atoms with Gasteiger partial charge in [0.05, 0.1) is 12.0 Å². The molecule has 8 nitrogen and oxygen atoms in total. The number of hydrogen-bond donors (Lipinski definition) is 2. The zero-order chi connectivity index (χ0) is 15.4. The Morgan fingerprint density at radius 1 is 1.52 bits per heavy atom. The van der Waals surface area contributed by atoms with Gasteiger partial charge < -0.3 is 10.1 Å². The predicted molar refractivity (Wildman–Crippen MR) is 75.6 cm³/mol. The summed E-state index contributed by atoms with van der Waals surface area (Å²) in [5.74, 6) is -0.210. The maximum Gasteiger partial charge on any atom is 0.285 e. The van der Waals surface area contributed by atoms with Crippen LogP contribution in [-0.2, 0) is 6.42 Å². The summed E-state index contributed by atoms with van der Waals surface area (Å²) in [6.45, 7) is 1.93. The number of anilines is 1. The van der Waals surface area contributed by atoms with Gasteiger partial charge in [-0.1, -0.05) is 13.0 Å². The maximum absolute atomic E-state index is 12.3. The number of ether oxygens (including phenoxy) is 1. The van der Waals surface area contributed by atoms with Crippen molar-refractivity contribution in [2.45, 2.75) is 13.3 Å². The van der Waals surface area contributed by atoms with Crippen molar-refractivity contribution < 1.29 is 14.5 Å². The number of benzene rings is 1. The molecule has 1 heterocycles. The van der Waals surface area contributed by atoms with Gasteiger partial charge in [-0.15, -0.1) is 0 Å². The second-order valence-corrected chi connectivity index (χ2v) is 4.20. The lowest BCUT2D eigenvalue weighted by molar-refractivity contribution is -0.385. The molecule has 1 amide bonds. The van der Waals surface area contributed by atoms with Crippen LogP contribution < -0.4 is 10.1 Å². The lowest BCUT2D eigenvalue weighted by Gasteiger charge is -2.08. The molecular weight excluding hydrogens is 276 g/mol. The molecule has 0 spiro atoms. The number of carbonyl (C=O) groups excluding carboxylic acids is 1. The van der Waals surface area contributed by atoms with E-state index in [-0.39, 0.29) is 17.0 Å². The number of aromatic amines is 1. The molecule has 8 heteroatoms. The molecule has 0 aliphatic carbocycles. The van der Waals surface area contributed by atoms with Crippen molar-refractivity contribution >= 4 is 17.4 Å². The van der Waals surface area contributed by atoms with Gasteiger partial charge in [-0.3, -0.25) is 20.0 Å². The molecule has 1 aromatic carbocycles. The Labute approximate surface area is 120 Å². The molecule has 2 N–H and O–H groups in total. The fraction of sp³-hybridized carbons (Fsp3) is 0.231. The van der Waals surface area contributed by atoms with E-state index in [4.69, 9.17) is 4.74 Å². The standard InChI is InChI=1S/C13H14N4O4/c1-3-8-7-11(16-15-8)14-13(18)12-9(17(19)20)5-4-6-10(12)21-2/h4-7H,3H2,1-2H3,(H2,14,15,16,18). The molecule has 110 valence electrons. The number of hydrogen-bond acceptors (Lipinski definition) is 5. The molecular formula is C13H14N4O4. The zero-order valence-corrected chi connectivity index (χ0v) is 11.5. The number of nitro benzene ring substituents is 1. The summed E-state index contributed by atoms with van der Waals surface area (Å²) in [5.41, 5.74) is 0.393. The van der Waals surface area contributed by atoms with Gasteiger partial charge in [0.2, 0.25) is 0 Å². The Hall–Kier alpha value is -2.90. The summed E-state index contributed by atoms with van der Waals surface area (Å²) >= 11 is 0. The first kappa shape index (κ1) is 14.5. The smallest absolute Gasteiger partial charge is 0.285 e. The average molecular weight is 290 g/mol. The third-order valence-corrected chi connectivity index (χ3v) is 2.90. The van der Waals surface area contributed by atoms with Gasteiger partial charge in [-0.2, -0.15) is 5.10 Å². The van der Waals surface area contributed by atoms with Crippen LogP contribution >= 0.6 is 0 Å². The van der Waals surface area contributed by atoms with E-state index in [1.54, 1.807) is 6.07 Å². The molecule has 1 aromatic heterocycles. The number of H-pyrrole nitrogens is 1. The number of methoxy groups -OCH3 is 1. The maximum atomic E-state index is 12.3. The van der Waals surface area contributed by atoms with E-state index in [0.717, 1.165) is 12.1 Å². The fourth-order valence-corrected chi connectivity index (χ4v) is 1.86. The number of nitro groups is 1. The highest BCUT2D eigenvalue weighted by Crippen LogP contribution is 2.28. The van der Waals surface area contributed by atoms with Crippen molar-refractivity contribution in [2.75, 3.05) is 12.4 Å². The van der Waals surface area contributed by atoms with Gasteiger partial charge in [0.15, 0.2) is 11.4 Å². The first-order chi connectivity index (χ1) is 10.1. The molecule has 0 radical (unpaired) electrons. The second-order valence-electron chi connectivity index (χ2n) is 4.20. The van der Waals surface area contributed by atoms with E-state index in [1.165, 1.54) is 25.3 Å². The van der Waals surface area contributed by atoms with E-state index in [9.17, 15) is 14.9 Å². The molecule has 0 aliphatic heterocycles. The van der Waals surface area contributed by atoms with E-state index >= 15 is 0 Å². The molecule has 0 fully saturated rings. The fourth-order valence-electron chi connectivity index (χ4n) is 1.86. The Morgan fingerprint density at radius 3 is 2.86 bits per heavy atom. The van der Waals surface area contributed by atoms with Crippen molar-refractivity contribution in [3.63, 3.8) is 0 Å². The number of aryl methyl sites for hydroxylation is 1. The van der Waals surface area contributed by atoms with Crippen LogP contribution in [0.2, 0.25) is 0 Å². The summed E-state index contributed by atoms with van der Waals surface area (Å²) < 4.78 is 5.03.